The SMILES string of the molecule is CCOC(=O)c1c[nH]n2c(=O)c(CCO)c(C(C)C)nc12. The van der Waals surface area contributed by atoms with E-state index in [4.69, 9.17) is 9.84 Å². The van der Waals surface area contributed by atoms with Crippen molar-refractivity contribution in [1.29, 1.82) is 0 Å². The molecular weight excluding hydrogens is 274 g/mol. The van der Waals surface area contributed by atoms with E-state index in [1.54, 1.807) is 6.92 Å². The van der Waals surface area contributed by atoms with Crippen LogP contribution in [0.5, 0.6) is 0 Å². The minimum absolute atomic E-state index is 0.00851. The molecule has 0 aliphatic heterocycles. The Hall–Kier alpha value is -2.15. The number of H-pyrrole nitrogens is 1. The van der Waals surface area contributed by atoms with Crippen LogP contribution < -0.4 is 5.56 Å². The Kier molecular flexibility index (Phi) is 4.42. The number of hydrogen-bond acceptors (Lipinski definition) is 5. The third kappa shape index (κ3) is 2.69. The van der Waals surface area contributed by atoms with Crippen LogP contribution in [0.25, 0.3) is 5.65 Å². The number of aromatic amines is 1. The summed E-state index contributed by atoms with van der Waals surface area (Å²) in [4.78, 5) is 28.8. The van der Waals surface area contributed by atoms with E-state index in [-0.39, 0.29) is 42.3 Å². The molecule has 2 heterocycles. The highest BCUT2D eigenvalue weighted by atomic mass is 16.5. The highest BCUT2D eigenvalue weighted by molar-refractivity contribution is 5.95. The molecule has 0 aliphatic carbocycles. The molecule has 2 rings (SSSR count). The van der Waals surface area contributed by atoms with Gasteiger partial charge in [-0.25, -0.2) is 14.3 Å². The van der Waals surface area contributed by atoms with Crippen LogP contribution in [0.4, 0.5) is 0 Å². The van der Waals surface area contributed by atoms with Gasteiger partial charge in [-0.1, -0.05) is 13.8 Å². The maximum Gasteiger partial charge on any atom is 0.343 e. The molecule has 0 atom stereocenters. The number of rotatable bonds is 5. The third-order valence-corrected chi connectivity index (χ3v) is 3.19. The number of carbonyl (C=O) groups is 1. The number of nitrogens with one attached hydrogen (secondary N) is 1. The largest absolute Gasteiger partial charge is 0.462 e. The molecule has 0 bridgehead atoms. The van der Waals surface area contributed by atoms with E-state index in [9.17, 15) is 9.59 Å². The van der Waals surface area contributed by atoms with Gasteiger partial charge in [0.05, 0.1) is 12.3 Å². The van der Waals surface area contributed by atoms with Crippen LogP contribution >= 0.6 is 0 Å². The maximum absolute atomic E-state index is 12.5. The van der Waals surface area contributed by atoms with Crippen LogP contribution in [0.2, 0.25) is 0 Å². The Morgan fingerprint density at radius 1 is 1.52 bits per heavy atom. The van der Waals surface area contributed by atoms with E-state index in [1.807, 2.05) is 13.8 Å². The fourth-order valence-corrected chi connectivity index (χ4v) is 2.25. The maximum atomic E-state index is 12.5. The van der Waals surface area contributed by atoms with Gasteiger partial charge in [0.1, 0.15) is 5.56 Å². The zero-order valence-corrected chi connectivity index (χ0v) is 12.3. The first kappa shape index (κ1) is 15.2. The summed E-state index contributed by atoms with van der Waals surface area (Å²) in [6, 6.07) is 0. The standard InChI is InChI=1S/C14H19N3O4/c1-4-21-14(20)10-7-15-17-12(10)16-11(8(2)3)9(5-6-18)13(17)19/h7-8,15,18H,4-6H2,1-3H3. The van der Waals surface area contributed by atoms with Crippen molar-refractivity contribution in [2.24, 2.45) is 0 Å². The zero-order chi connectivity index (χ0) is 15.6. The van der Waals surface area contributed by atoms with Gasteiger partial charge in [-0.05, 0) is 12.8 Å². The van der Waals surface area contributed by atoms with Gasteiger partial charge >= 0.3 is 5.97 Å². The molecule has 21 heavy (non-hydrogen) atoms. The van der Waals surface area contributed by atoms with E-state index in [2.05, 4.69) is 10.1 Å². The number of aromatic nitrogens is 3. The molecule has 0 saturated heterocycles. The summed E-state index contributed by atoms with van der Waals surface area (Å²) in [6.45, 7) is 5.66. The van der Waals surface area contributed by atoms with Crippen molar-refractivity contribution in [3.05, 3.63) is 33.4 Å². The Bertz CT molecular complexity index is 715. The van der Waals surface area contributed by atoms with Crippen molar-refractivity contribution >= 4 is 11.6 Å². The van der Waals surface area contributed by atoms with Crippen LogP contribution in [0, 0.1) is 0 Å². The monoisotopic (exact) mass is 293 g/mol. The van der Waals surface area contributed by atoms with Gasteiger partial charge in [0.2, 0.25) is 0 Å². The summed E-state index contributed by atoms with van der Waals surface area (Å²) in [6.07, 6.45) is 1.64. The zero-order valence-electron chi connectivity index (χ0n) is 12.3. The normalized spacial score (nSPS) is 11.3. The van der Waals surface area contributed by atoms with Gasteiger partial charge in [0, 0.05) is 24.8 Å². The lowest BCUT2D eigenvalue weighted by Gasteiger charge is -2.11. The molecule has 2 aromatic heterocycles. The molecule has 0 unspecified atom stereocenters. The summed E-state index contributed by atoms with van der Waals surface area (Å²) in [5, 5.41) is 11.8. The third-order valence-electron chi connectivity index (χ3n) is 3.19. The topological polar surface area (TPSA) is 96.7 Å². The Morgan fingerprint density at radius 2 is 2.24 bits per heavy atom. The first-order chi connectivity index (χ1) is 10.0. The summed E-state index contributed by atoms with van der Waals surface area (Å²) in [7, 11) is 0. The lowest BCUT2D eigenvalue weighted by molar-refractivity contribution is 0.0528. The molecule has 0 amide bonds. The van der Waals surface area contributed by atoms with Crippen LogP contribution in [0.15, 0.2) is 11.0 Å². The van der Waals surface area contributed by atoms with E-state index >= 15 is 0 Å². The molecule has 0 saturated carbocycles. The molecular formula is C14H19N3O4. The van der Waals surface area contributed by atoms with Gasteiger partial charge in [-0.15, -0.1) is 0 Å². The lowest BCUT2D eigenvalue weighted by Crippen LogP contribution is -2.24. The molecule has 7 nitrogen and oxygen atoms in total. The fraction of sp³-hybridized carbons (Fsp3) is 0.500. The number of aliphatic hydroxyl groups is 1. The fourth-order valence-electron chi connectivity index (χ4n) is 2.25. The smallest absolute Gasteiger partial charge is 0.343 e. The number of aliphatic hydroxyl groups excluding tert-OH is 1. The number of esters is 1. The van der Waals surface area contributed by atoms with Crippen molar-refractivity contribution in [3.8, 4) is 0 Å². The van der Waals surface area contributed by atoms with Crippen LogP contribution in [0.1, 0.15) is 48.3 Å². The summed E-state index contributed by atoms with van der Waals surface area (Å²) in [5.74, 6) is -0.512. The summed E-state index contributed by atoms with van der Waals surface area (Å²) in [5.41, 5.74) is 1.24. The minimum atomic E-state index is -0.521. The Balaban J connectivity index is 2.70. The number of fused-ring (bicyclic) bond motifs is 1. The first-order valence-electron chi connectivity index (χ1n) is 6.92. The molecule has 0 aromatic carbocycles. The number of nitrogens with zero attached hydrogens (tertiary/aromatic N) is 2. The van der Waals surface area contributed by atoms with Crippen LogP contribution in [-0.4, -0.2) is 38.9 Å². The molecule has 7 heteroatoms. The number of ether oxygens (including phenoxy) is 1. The average molecular weight is 293 g/mol. The molecule has 0 aliphatic rings. The van der Waals surface area contributed by atoms with Gasteiger partial charge in [-0.3, -0.25) is 9.89 Å². The van der Waals surface area contributed by atoms with Gasteiger partial charge < -0.3 is 9.84 Å². The van der Waals surface area contributed by atoms with Gasteiger partial charge in [0.15, 0.2) is 5.65 Å². The minimum Gasteiger partial charge on any atom is -0.462 e. The van der Waals surface area contributed by atoms with Crippen molar-refractivity contribution in [2.45, 2.75) is 33.1 Å². The van der Waals surface area contributed by atoms with Crippen LogP contribution in [-0.2, 0) is 11.2 Å². The van der Waals surface area contributed by atoms with E-state index in [0.717, 1.165) is 0 Å². The molecule has 114 valence electrons. The predicted molar refractivity (Wildman–Crippen MR) is 76.6 cm³/mol. The lowest BCUT2D eigenvalue weighted by atomic mass is 10.0. The van der Waals surface area contributed by atoms with E-state index < -0.39 is 5.97 Å². The highest BCUT2D eigenvalue weighted by Crippen LogP contribution is 2.18. The second-order valence-electron chi connectivity index (χ2n) is 4.98. The van der Waals surface area contributed by atoms with Gasteiger partial charge in [-0.2, -0.15) is 0 Å². The van der Waals surface area contributed by atoms with Crippen molar-refractivity contribution in [2.75, 3.05) is 13.2 Å². The van der Waals surface area contributed by atoms with E-state index in [1.165, 1.54) is 10.7 Å². The molecule has 0 spiro atoms. The summed E-state index contributed by atoms with van der Waals surface area (Å²) < 4.78 is 6.17. The second-order valence-corrected chi connectivity index (χ2v) is 4.98. The summed E-state index contributed by atoms with van der Waals surface area (Å²) >= 11 is 0. The van der Waals surface area contributed by atoms with E-state index in [0.29, 0.717) is 11.3 Å². The van der Waals surface area contributed by atoms with Crippen molar-refractivity contribution in [3.63, 3.8) is 0 Å². The molecule has 2 N–H and O–H groups in total. The highest BCUT2D eigenvalue weighted by Gasteiger charge is 2.21. The number of hydrogen-bond donors (Lipinski definition) is 2. The Labute approximate surface area is 121 Å². The quantitative estimate of drug-likeness (QED) is 0.797. The van der Waals surface area contributed by atoms with Crippen LogP contribution in [0.3, 0.4) is 0 Å². The van der Waals surface area contributed by atoms with Crippen molar-refractivity contribution in [1.82, 2.24) is 14.6 Å². The van der Waals surface area contributed by atoms with Gasteiger partial charge in [0.25, 0.3) is 5.56 Å². The Morgan fingerprint density at radius 3 is 2.81 bits per heavy atom. The molecule has 0 fully saturated rings. The first-order valence-corrected chi connectivity index (χ1v) is 6.92. The molecule has 2 aromatic rings. The molecule has 0 radical (unpaired) electrons. The average Bonchev–Trinajstić information content (AvgIpc) is 2.86. The number of carbonyl (C=O) groups excluding carboxylic acids is 1. The van der Waals surface area contributed by atoms with Crippen molar-refractivity contribution < 1.29 is 14.6 Å². The predicted octanol–water partition coefficient (Wildman–Crippen LogP) is 0.857. The second kappa shape index (κ2) is 6.09.